The summed E-state index contributed by atoms with van der Waals surface area (Å²) in [7, 11) is 0. The normalized spacial score (nSPS) is 10.5. The molecule has 0 saturated carbocycles. The fourth-order valence-electron chi connectivity index (χ4n) is 1.14. The summed E-state index contributed by atoms with van der Waals surface area (Å²) in [5.41, 5.74) is 0.638. The van der Waals surface area contributed by atoms with Crippen LogP contribution in [0.15, 0.2) is 11.1 Å². The van der Waals surface area contributed by atoms with Gasteiger partial charge in [-0.1, -0.05) is 13.3 Å². The molecule has 0 amide bonds. The van der Waals surface area contributed by atoms with Gasteiger partial charge < -0.3 is 4.74 Å². The third-order valence-electron chi connectivity index (χ3n) is 1.79. The molecule has 1 rings (SSSR count). The van der Waals surface area contributed by atoms with Gasteiger partial charge in [0.2, 0.25) is 0 Å². The van der Waals surface area contributed by atoms with Crippen LogP contribution in [-0.4, -0.2) is 13.0 Å². The van der Waals surface area contributed by atoms with Crippen LogP contribution in [0.5, 0.6) is 0 Å². The van der Waals surface area contributed by atoms with Gasteiger partial charge in [0.05, 0.1) is 12.2 Å². The van der Waals surface area contributed by atoms with Gasteiger partial charge in [0.1, 0.15) is 11.1 Å². The third-order valence-corrected chi connectivity index (χ3v) is 2.89. The molecule has 0 spiro atoms. The number of nitriles is 1. The molecule has 1 aromatic heterocycles. The highest BCUT2D eigenvalue weighted by Gasteiger charge is 2.06. The minimum absolute atomic E-state index is 0.596. The van der Waals surface area contributed by atoms with Gasteiger partial charge in [0.15, 0.2) is 6.40 Å². The topological polar surface area (TPSA) is 45.4 Å². The Kier molecular flexibility index (Phi) is 4.85. The predicted octanol–water partition coefficient (Wildman–Crippen LogP) is 3.27. The van der Waals surface area contributed by atoms with Crippen molar-refractivity contribution < 1.29 is 4.74 Å². The van der Waals surface area contributed by atoms with Crippen molar-refractivity contribution in [1.29, 1.82) is 5.26 Å². The van der Waals surface area contributed by atoms with E-state index in [1.807, 2.05) is 13.0 Å². The Hall–Kier alpha value is -1.34. The van der Waals surface area contributed by atoms with Crippen molar-refractivity contribution in [2.24, 2.45) is 4.99 Å². The van der Waals surface area contributed by atoms with Crippen molar-refractivity contribution >= 4 is 22.7 Å². The lowest BCUT2D eigenvalue weighted by atomic mass is 10.2. The summed E-state index contributed by atoms with van der Waals surface area (Å²) in [6, 6.07) is 4.05. The first kappa shape index (κ1) is 11.7. The summed E-state index contributed by atoms with van der Waals surface area (Å²) < 4.78 is 5.01. The Bertz CT molecular complexity index is 376. The van der Waals surface area contributed by atoms with Crippen LogP contribution in [0.3, 0.4) is 0 Å². The van der Waals surface area contributed by atoms with Gasteiger partial charge >= 0.3 is 0 Å². The maximum absolute atomic E-state index is 8.90. The molecule has 0 aliphatic carbocycles. The Morgan fingerprint density at radius 1 is 1.60 bits per heavy atom. The Morgan fingerprint density at radius 2 is 2.40 bits per heavy atom. The monoisotopic (exact) mass is 222 g/mol. The van der Waals surface area contributed by atoms with Crippen molar-refractivity contribution in [3.8, 4) is 6.07 Å². The smallest absolute Gasteiger partial charge is 0.175 e. The zero-order chi connectivity index (χ0) is 11.1. The summed E-state index contributed by atoms with van der Waals surface area (Å²) in [4.78, 5) is 5.32. The van der Waals surface area contributed by atoms with Crippen LogP contribution in [0.25, 0.3) is 0 Å². The molecule has 0 bridgehead atoms. The lowest BCUT2D eigenvalue weighted by Gasteiger charge is -1.90. The summed E-state index contributed by atoms with van der Waals surface area (Å²) in [5.74, 6) is 0. The molecule has 15 heavy (non-hydrogen) atoms. The van der Waals surface area contributed by atoms with E-state index in [-0.39, 0.29) is 0 Å². The molecule has 0 fully saturated rings. The highest BCUT2D eigenvalue weighted by atomic mass is 32.1. The number of ether oxygens (including phenoxy) is 1. The molecular weight excluding hydrogens is 208 g/mol. The second kappa shape index (κ2) is 6.20. The molecule has 3 nitrogen and oxygen atoms in total. The van der Waals surface area contributed by atoms with E-state index in [9.17, 15) is 0 Å². The quantitative estimate of drug-likeness (QED) is 0.567. The Morgan fingerprint density at radius 3 is 3.00 bits per heavy atom. The number of nitrogens with zero attached hydrogens (tertiary/aromatic N) is 2. The van der Waals surface area contributed by atoms with Crippen molar-refractivity contribution in [2.45, 2.75) is 26.7 Å². The van der Waals surface area contributed by atoms with Gasteiger partial charge in [-0.15, -0.1) is 11.3 Å². The molecule has 0 atom stereocenters. The second-order valence-corrected chi connectivity index (χ2v) is 4.10. The first-order chi connectivity index (χ1) is 7.31. The van der Waals surface area contributed by atoms with Gasteiger partial charge in [-0.05, 0) is 19.4 Å². The molecule has 1 heterocycles. The lowest BCUT2D eigenvalue weighted by Crippen LogP contribution is -1.83. The van der Waals surface area contributed by atoms with E-state index in [0.29, 0.717) is 12.2 Å². The number of aryl methyl sites for hydroxylation is 1. The highest BCUT2D eigenvalue weighted by molar-refractivity contribution is 7.16. The van der Waals surface area contributed by atoms with Crippen LogP contribution < -0.4 is 0 Å². The van der Waals surface area contributed by atoms with Crippen LogP contribution in [0.4, 0.5) is 5.00 Å². The molecule has 0 saturated heterocycles. The van der Waals surface area contributed by atoms with E-state index >= 15 is 0 Å². The van der Waals surface area contributed by atoms with Gasteiger partial charge in [0, 0.05) is 4.88 Å². The molecule has 0 N–H and O–H groups in total. The van der Waals surface area contributed by atoms with Crippen LogP contribution in [0.2, 0.25) is 0 Å². The standard InChI is InChI=1S/C11H14N2OS/c1-3-5-10-6-9(7-12)11(15-10)13-8-14-4-2/h6,8H,3-5H2,1-2H3. The average molecular weight is 222 g/mol. The van der Waals surface area contributed by atoms with Crippen molar-refractivity contribution in [2.75, 3.05) is 6.61 Å². The van der Waals surface area contributed by atoms with Crippen LogP contribution >= 0.6 is 11.3 Å². The van der Waals surface area contributed by atoms with Gasteiger partial charge in [-0.2, -0.15) is 5.26 Å². The van der Waals surface area contributed by atoms with E-state index < -0.39 is 0 Å². The first-order valence-electron chi connectivity index (χ1n) is 4.98. The molecular formula is C11H14N2OS. The molecule has 0 radical (unpaired) electrons. The summed E-state index contributed by atoms with van der Waals surface area (Å²) >= 11 is 1.56. The first-order valence-corrected chi connectivity index (χ1v) is 5.80. The number of aliphatic imine (C=N–C) groups is 1. The number of rotatable bonds is 5. The van der Waals surface area contributed by atoms with Gasteiger partial charge in [-0.25, -0.2) is 4.99 Å². The van der Waals surface area contributed by atoms with Crippen LogP contribution in [0, 0.1) is 11.3 Å². The Balaban J connectivity index is 2.81. The maximum atomic E-state index is 8.90. The summed E-state index contributed by atoms with van der Waals surface area (Å²) in [6.07, 6.45) is 3.49. The molecule has 0 aromatic carbocycles. The van der Waals surface area contributed by atoms with E-state index in [4.69, 9.17) is 10.00 Å². The van der Waals surface area contributed by atoms with Crippen LogP contribution in [0.1, 0.15) is 30.7 Å². The van der Waals surface area contributed by atoms with E-state index in [2.05, 4.69) is 18.0 Å². The minimum Gasteiger partial charge on any atom is -0.483 e. The zero-order valence-corrected chi connectivity index (χ0v) is 9.80. The highest BCUT2D eigenvalue weighted by Crippen LogP contribution is 2.30. The van der Waals surface area contributed by atoms with Crippen molar-refractivity contribution in [1.82, 2.24) is 0 Å². The van der Waals surface area contributed by atoms with Gasteiger partial charge in [-0.3, -0.25) is 0 Å². The fourth-order valence-corrected chi connectivity index (χ4v) is 2.18. The average Bonchev–Trinajstić information content (AvgIpc) is 2.62. The summed E-state index contributed by atoms with van der Waals surface area (Å²) in [6.45, 7) is 4.61. The SMILES string of the molecule is CCCc1cc(C#N)c(N=COCC)s1. The van der Waals surface area contributed by atoms with Gasteiger partial charge in [0.25, 0.3) is 0 Å². The van der Waals surface area contributed by atoms with Crippen molar-refractivity contribution in [3.05, 3.63) is 16.5 Å². The predicted molar refractivity (Wildman–Crippen MR) is 62.8 cm³/mol. The summed E-state index contributed by atoms with van der Waals surface area (Å²) in [5, 5.41) is 9.64. The Labute approximate surface area is 94.0 Å². The molecule has 4 heteroatoms. The molecule has 0 aliphatic rings. The largest absolute Gasteiger partial charge is 0.483 e. The second-order valence-electron chi connectivity index (χ2n) is 2.98. The number of thiophene rings is 1. The maximum Gasteiger partial charge on any atom is 0.175 e. The zero-order valence-electron chi connectivity index (χ0n) is 8.99. The third kappa shape index (κ3) is 3.37. The number of hydrogen-bond acceptors (Lipinski definition) is 4. The fraction of sp³-hybridized carbons (Fsp3) is 0.455. The van der Waals surface area contributed by atoms with Crippen molar-refractivity contribution in [3.63, 3.8) is 0 Å². The lowest BCUT2D eigenvalue weighted by molar-refractivity contribution is 0.344. The van der Waals surface area contributed by atoms with E-state index in [1.54, 1.807) is 11.3 Å². The van der Waals surface area contributed by atoms with Crippen LogP contribution in [-0.2, 0) is 11.2 Å². The molecule has 1 aromatic rings. The molecule has 80 valence electrons. The van der Waals surface area contributed by atoms with E-state index in [0.717, 1.165) is 17.8 Å². The molecule has 0 aliphatic heterocycles. The minimum atomic E-state index is 0.596. The van der Waals surface area contributed by atoms with E-state index in [1.165, 1.54) is 11.3 Å². The molecule has 0 unspecified atom stereocenters. The number of hydrogen-bond donors (Lipinski definition) is 0.